The predicted molar refractivity (Wildman–Crippen MR) is 126 cm³/mol. The molecule has 2 N–H and O–H groups in total. The summed E-state index contributed by atoms with van der Waals surface area (Å²) in [7, 11) is 0. The average molecular weight is 468 g/mol. The van der Waals surface area contributed by atoms with Crippen molar-refractivity contribution in [2.24, 2.45) is 0 Å². The van der Waals surface area contributed by atoms with E-state index < -0.39 is 5.41 Å². The first-order valence-electron chi connectivity index (χ1n) is 10.4. The Kier molecular flexibility index (Phi) is 6.39. The number of nitrogens with zero attached hydrogens (tertiary/aromatic N) is 1. The largest absolute Gasteiger partial charge is 0.326 e. The third kappa shape index (κ3) is 4.45. The number of thiazole rings is 1. The van der Waals surface area contributed by atoms with Crippen LogP contribution < -0.4 is 10.6 Å². The molecule has 4 rings (SSSR count). The van der Waals surface area contributed by atoms with Gasteiger partial charge in [0.2, 0.25) is 17.7 Å². The van der Waals surface area contributed by atoms with Gasteiger partial charge < -0.3 is 5.32 Å². The van der Waals surface area contributed by atoms with Crippen molar-refractivity contribution in [3.8, 4) is 10.6 Å². The van der Waals surface area contributed by atoms with Gasteiger partial charge in [-0.15, -0.1) is 11.3 Å². The summed E-state index contributed by atoms with van der Waals surface area (Å²) in [5, 5.41) is 8.58. The molecule has 3 aromatic rings. The smallest absolute Gasteiger partial charge is 0.237 e. The zero-order chi connectivity index (χ0) is 22.7. The Bertz CT molecular complexity index is 1180. The third-order valence-corrected chi connectivity index (χ3v) is 7.04. The monoisotopic (exact) mass is 467 g/mol. The van der Waals surface area contributed by atoms with Gasteiger partial charge in [0.25, 0.3) is 0 Å². The number of amides is 3. The Hall–Kier alpha value is -3.03. The molecule has 32 heavy (non-hydrogen) atoms. The number of hydrogen-bond donors (Lipinski definition) is 2. The second kappa shape index (κ2) is 9.22. The van der Waals surface area contributed by atoms with Crippen molar-refractivity contribution in [2.75, 3.05) is 5.32 Å². The van der Waals surface area contributed by atoms with E-state index in [9.17, 15) is 14.4 Å². The Morgan fingerprint density at radius 2 is 1.94 bits per heavy atom. The molecule has 2 aromatic carbocycles. The minimum atomic E-state index is -0.716. The summed E-state index contributed by atoms with van der Waals surface area (Å²) >= 11 is 7.68. The molecule has 1 aliphatic rings. The van der Waals surface area contributed by atoms with Gasteiger partial charge in [0.15, 0.2) is 0 Å². The van der Waals surface area contributed by atoms with E-state index in [0.29, 0.717) is 35.7 Å². The lowest BCUT2D eigenvalue weighted by Gasteiger charge is -2.35. The number of carbonyl (C=O) groups is 3. The Labute approximate surface area is 195 Å². The highest BCUT2D eigenvalue weighted by Gasteiger charge is 2.42. The summed E-state index contributed by atoms with van der Waals surface area (Å²) in [6.07, 6.45) is 1.54. The maximum atomic E-state index is 12.5. The van der Waals surface area contributed by atoms with Crippen LogP contribution in [0.1, 0.15) is 37.4 Å². The summed E-state index contributed by atoms with van der Waals surface area (Å²) < 4.78 is 0. The number of hydrogen-bond acceptors (Lipinski definition) is 5. The quantitative estimate of drug-likeness (QED) is 0.513. The molecule has 2 heterocycles. The number of imide groups is 1. The van der Waals surface area contributed by atoms with Gasteiger partial charge in [0.05, 0.1) is 22.6 Å². The zero-order valence-electron chi connectivity index (χ0n) is 17.5. The average Bonchev–Trinajstić information content (AvgIpc) is 3.23. The summed E-state index contributed by atoms with van der Waals surface area (Å²) in [5.74, 6) is -0.673. The number of carbonyl (C=O) groups excluding carboxylic acids is 3. The van der Waals surface area contributed by atoms with Gasteiger partial charge in [-0.2, -0.15) is 0 Å². The highest BCUT2D eigenvalue weighted by Crippen LogP contribution is 2.36. The van der Waals surface area contributed by atoms with E-state index in [2.05, 4.69) is 15.6 Å². The lowest BCUT2D eigenvalue weighted by molar-refractivity contribution is -0.138. The van der Waals surface area contributed by atoms with Crippen LogP contribution in [0.15, 0.2) is 53.9 Å². The maximum Gasteiger partial charge on any atom is 0.237 e. The highest BCUT2D eigenvalue weighted by molar-refractivity contribution is 7.13. The minimum absolute atomic E-state index is 0.145. The molecule has 1 unspecified atom stereocenters. The van der Waals surface area contributed by atoms with E-state index in [1.165, 1.54) is 11.3 Å². The van der Waals surface area contributed by atoms with E-state index in [1.54, 1.807) is 12.1 Å². The number of anilines is 1. The summed E-state index contributed by atoms with van der Waals surface area (Å²) in [4.78, 5) is 41.1. The molecular weight excluding hydrogens is 446 g/mol. The third-order valence-electron chi connectivity index (χ3n) is 5.79. The summed E-state index contributed by atoms with van der Waals surface area (Å²) in [5.41, 5.74) is 2.28. The molecule has 0 aliphatic carbocycles. The van der Waals surface area contributed by atoms with Crippen LogP contribution in [0, 0.1) is 0 Å². The number of aromatic nitrogens is 1. The SMILES string of the molecule is CCC1(c2ccc(NC(=O)Cc3csc(-c4ccccc4Cl)n3)cc2)CCC(=O)NC1=O. The van der Waals surface area contributed by atoms with Gasteiger partial charge in [-0.25, -0.2) is 4.98 Å². The van der Waals surface area contributed by atoms with Crippen molar-refractivity contribution in [1.82, 2.24) is 10.3 Å². The number of rotatable bonds is 6. The van der Waals surface area contributed by atoms with Crippen LogP contribution in [0.2, 0.25) is 5.02 Å². The van der Waals surface area contributed by atoms with E-state index in [4.69, 9.17) is 11.6 Å². The molecule has 0 bridgehead atoms. The second-order valence-electron chi connectivity index (χ2n) is 7.74. The molecule has 6 nitrogen and oxygen atoms in total. The van der Waals surface area contributed by atoms with Crippen molar-refractivity contribution in [3.63, 3.8) is 0 Å². The van der Waals surface area contributed by atoms with Crippen molar-refractivity contribution in [1.29, 1.82) is 0 Å². The van der Waals surface area contributed by atoms with Crippen LogP contribution in [-0.4, -0.2) is 22.7 Å². The molecule has 1 fully saturated rings. The van der Waals surface area contributed by atoms with E-state index in [-0.39, 0.29) is 24.1 Å². The Balaban J connectivity index is 1.42. The molecule has 1 aliphatic heterocycles. The van der Waals surface area contributed by atoms with Crippen molar-refractivity contribution in [2.45, 2.75) is 38.0 Å². The number of nitrogens with one attached hydrogen (secondary N) is 2. The summed E-state index contributed by atoms with van der Waals surface area (Å²) in [6, 6.07) is 14.7. The lowest BCUT2D eigenvalue weighted by Crippen LogP contribution is -2.51. The zero-order valence-corrected chi connectivity index (χ0v) is 19.1. The first-order chi connectivity index (χ1) is 15.4. The molecule has 0 spiro atoms. The molecule has 1 saturated heterocycles. The van der Waals surface area contributed by atoms with Gasteiger partial charge in [-0.1, -0.05) is 48.9 Å². The van der Waals surface area contributed by atoms with E-state index >= 15 is 0 Å². The fourth-order valence-electron chi connectivity index (χ4n) is 3.95. The molecule has 8 heteroatoms. The Morgan fingerprint density at radius 1 is 1.19 bits per heavy atom. The predicted octanol–water partition coefficient (Wildman–Crippen LogP) is 4.73. The van der Waals surface area contributed by atoms with Gasteiger partial charge in [-0.05, 0) is 36.6 Å². The maximum absolute atomic E-state index is 12.5. The van der Waals surface area contributed by atoms with Crippen LogP contribution in [0.25, 0.3) is 10.6 Å². The number of piperidine rings is 1. The van der Waals surface area contributed by atoms with Gasteiger partial charge in [0.1, 0.15) is 5.01 Å². The highest BCUT2D eigenvalue weighted by atomic mass is 35.5. The molecule has 0 saturated carbocycles. The molecule has 0 radical (unpaired) electrons. The topological polar surface area (TPSA) is 88.2 Å². The van der Waals surface area contributed by atoms with Crippen LogP contribution in [0.4, 0.5) is 5.69 Å². The van der Waals surface area contributed by atoms with Crippen LogP contribution in [0.5, 0.6) is 0 Å². The lowest BCUT2D eigenvalue weighted by atomic mass is 9.72. The van der Waals surface area contributed by atoms with Crippen LogP contribution >= 0.6 is 22.9 Å². The normalized spacial score (nSPS) is 18.3. The van der Waals surface area contributed by atoms with Gasteiger partial charge in [0, 0.05) is 23.1 Å². The van der Waals surface area contributed by atoms with Crippen molar-refractivity contribution < 1.29 is 14.4 Å². The minimum Gasteiger partial charge on any atom is -0.326 e. The van der Waals surface area contributed by atoms with Crippen LogP contribution in [0.3, 0.4) is 0 Å². The van der Waals surface area contributed by atoms with Gasteiger partial charge >= 0.3 is 0 Å². The molecule has 1 aromatic heterocycles. The Morgan fingerprint density at radius 3 is 2.62 bits per heavy atom. The van der Waals surface area contributed by atoms with Crippen molar-refractivity contribution in [3.05, 3.63) is 70.2 Å². The van der Waals surface area contributed by atoms with E-state index in [0.717, 1.165) is 16.1 Å². The number of benzene rings is 2. The first-order valence-corrected chi connectivity index (χ1v) is 11.6. The first kappa shape index (κ1) is 22.2. The fourth-order valence-corrected chi connectivity index (χ4v) is 5.09. The van der Waals surface area contributed by atoms with Crippen LogP contribution in [-0.2, 0) is 26.2 Å². The second-order valence-corrected chi connectivity index (χ2v) is 9.00. The van der Waals surface area contributed by atoms with Gasteiger partial charge in [-0.3, -0.25) is 19.7 Å². The molecule has 3 amide bonds. The standard InChI is InChI=1S/C24H22ClN3O3S/c1-2-24(12-11-20(29)28-23(24)31)15-7-9-16(10-8-15)26-21(30)13-17-14-32-22(27-17)18-5-3-4-6-19(18)25/h3-10,14H,2,11-13H2,1H3,(H,26,30)(H,28,29,31). The number of halogens is 1. The molecular formula is C24H22ClN3O3S. The fraction of sp³-hybridized carbons (Fsp3) is 0.250. The van der Waals surface area contributed by atoms with E-state index in [1.807, 2.05) is 48.7 Å². The van der Waals surface area contributed by atoms with Crippen molar-refractivity contribution >= 4 is 46.3 Å². The molecule has 164 valence electrons. The molecule has 1 atom stereocenters. The summed E-state index contributed by atoms with van der Waals surface area (Å²) in [6.45, 7) is 1.94.